The van der Waals surface area contributed by atoms with E-state index >= 15 is 0 Å². The van der Waals surface area contributed by atoms with Crippen LogP contribution in [0, 0.1) is 23.0 Å². The van der Waals surface area contributed by atoms with Crippen molar-refractivity contribution in [2.24, 2.45) is 0 Å². The maximum atomic E-state index is 13.6. The molecule has 0 heterocycles. The standard InChI is InChI=1S/C18H14F2N2O3/c1-24-14-5-3-11(17(9-14)25-2)7-12(10-21)18(23)22-16-6-4-13(19)8-15(16)20/h3-9H,1-2H3,(H,22,23)/b12-7+. The first-order chi connectivity index (χ1) is 12.0. The Bertz CT molecular complexity index is 873. The van der Waals surface area contributed by atoms with Gasteiger partial charge in [0, 0.05) is 17.7 Å². The van der Waals surface area contributed by atoms with Crippen LogP contribution in [0.5, 0.6) is 11.5 Å². The number of nitriles is 1. The summed E-state index contributed by atoms with van der Waals surface area (Å²) in [6.45, 7) is 0. The number of nitrogens with one attached hydrogen (secondary N) is 1. The van der Waals surface area contributed by atoms with Gasteiger partial charge >= 0.3 is 0 Å². The summed E-state index contributed by atoms with van der Waals surface area (Å²) in [5, 5.41) is 11.4. The SMILES string of the molecule is COc1ccc(/C=C(\C#N)C(=O)Nc2ccc(F)cc2F)c(OC)c1. The summed E-state index contributed by atoms with van der Waals surface area (Å²) in [6.07, 6.45) is 1.30. The first-order valence-corrected chi connectivity index (χ1v) is 7.08. The van der Waals surface area contributed by atoms with Gasteiger partial charge in [-0.2, -0.15) is 5.26 Å². The van der Waals surface area contributed by atoms with Crippen molar-refractivity contribution in [2.75, 3.05) is 19.5 Å². The molecular weight excluding hydrogens is 330 g/mol. The molecule has 7 heteroatoms. The normalized spacial score (nSPS) is 10.8. The lowest BCUT2D eigenvalue weighted by atomic mass is 10.1. The van der Waals surface area contributed by atoms with Crippen molar-refractivity contribution in [3.8, 4) is 17.6 Å². The average Bonchev–Trinajstić information content (AvgIpc) is 2.61. The Morgan fingerprint density at radius 1 is 1.16 bits per heavy atom. The van der Waals surface area contributed by atoms with E-state index in [2.05, 4.69) is 5.32 Å². The molecule has 0 spiro atoms. The minimum atomic E-state index is -0.937. The summed E-state index contributed by atoms with van der Waals surface area (Å²) in [4.78, 5) is 12.2. The highest BCUT2D eigenvalue weighted by Crippen LogP contribution is 2.26. The predicted octanol–water partition coefficient (Wildman–Crippen LogP) is 3.53. The highest BCUT2D eigenvalue weighted by atomic mass is 19.1. The minimum Gasteiger partial charge on any atom is -0.497 e. The number of carbonyl (C=O) groups excluding carboxylic acids is 1. The van der Waals surface area contributed by atoms with Gasteiger partial charge in [0.05, 0.1) is 19.9 Å². The van der Waals surface area contributed by atoms with Gasteiger partial charge < -0.3 is 14.8 Å². The third-order valence-corrected chi connectivity index (χ3v) is 3.28. The molecule has 0 radical (unpaired) electrons. The molecule has 0 fully saturated rings. The van der Waals surface area contributed by atoms with Crippen molar-refractivity contribution in [3.05, 3.63) is 59.2 Å². The molecule has 0 aliphatic rings. The van der Waals surface area contributed by atoms with E-state index in [1.165, 1.54) is 20.3 Å². The third kappa shape index (κ3) is 4.32. The molecule has 0 aliphatic carbocycles. The van der Waals surface area contributed by atoms with Crippen LogP contribution in [-0.4, -0.2) is 20.1 Å². The van der Waals surface area contributed by atoms with Gasteiger partial charge in [-0.15, -0.1) is 0 Å². The van der Waals surface area contributed by atoms with Gasteiger partial charge in [0.2, 0.25) is 0 Å². The van der Waals surface area contributed by atoms with Crippen LogP contribution in [0.15, 0.2) is 42.0 Å². The number of hydrogen-bond donors (Lipinski definition) is 1. The number of hydrogen-bond acceptors (Lipinski definition) is 4. The zero-order chi connectivity index (χ0) is 18.4. The topological polar surface area (TPSA) is 71.3 Å². The van der Waals surface area contributed by atoms with Crippen molar-refractivity contribution in [1.29, 1.82) is 5.26 Å². The second-order valence-corrected chi connectivity index (χ2v) is 4.86. The van der Waals surface area contributed by atoms with Gasteiger partial charge in [0.15, 0.2) is 0 Å². The fourth-order valence-electron chi connectivity index (χ4n) is 2.02. The molecule has 0 saturated heterocycles. The first-order valence-electron chi connectivity index (χ1n) is 7.08. The molecule has 0 bridgehead atoms. The third-order valence-electron chi connectivity index (χ3n) is 3.28. The Labute approximate surface area is 143 Å². The number of nitrogens with zero attached hydrogens (tertiary/aromatic N) is 1. The number of carbonyl (C=O) groups is 1. The fraction of sp³-hybridized carbons (Fsp3) is 0.111. The van der Waals surface area contributed by atoms with Crippen LogP contribution in [0.2, 0.25) is 0 Å². The number of methoxy groups -OCH3 is 2. The monoisotopic (exact) mass is 344 g/mol. The van der Waals surface area contributed by atoms with Gasteiger partial charge in [-0.05, 0) is 30.3 Å². The molecule has 2 rings (SSSR count). The van der Waals surface area contributed by atoms with E-state index in [1.807, 2.05) is 0 Å². The molecular formula is C18H14F2N2O3. The number of anilines is 1. The van der Waals surface area contributed by atoms with Crippen LogP contribution >= 0.6 is 0 Å². The molecule has 0 aromatic heterocycles. The summed E-state index contributed by atoms with van der Waals surface area (Å²) < 4.78 is 36.8. The number of ether oxygens (including phenoxy) is 2. The molecule has 0 unspecified atom stereocenters. The van der Waals surface area contributed by atoms with E-state index < -0.39 is 17.5 Å². The van der Waals surface area contributed by atoms with Crippen molar-refractivity contribution in [1.82, 2.24) is 0 Å². The Morgan fingerprint density at radius 3 is 2.52 bits per heavy atom. The summed E-state index contributed by atoms with van der Waals surface area (Å²) in [6, 6.07) is 9.31. The quantitative estimate of drug-likeness (QED) is 0.665. The van der Waals surface area contributed by atoms with Gasteiger partial charge in [0.25, 0.3) is 5.91 Å². The summed E-state index contributed by atoms with van der Waals surface area (Å²) in [5.74, 6) is -1.59. The van der Waals surface area contributed by atoms with Crippen molar-refractivity contribution in [2.45, 2.75) is 0 Å². The Kier molecular flexibility index (Phi) is 5.69. The smallest absolute Gasteiger partial charge is 0.266 e. The number of halogens is 2. The minimum absolute atomic E-state index is 0.228. The Morgan fingerprint density at radius 2 is 1.92 bits per heavy atom. The number of rotatable bonds is 5. The molecule has 2 aromatic rings. The second kappa shape index (κ2) is 7.93. The van der Waals surface area contributed by atoms with E-state index in [-0.39, 0.29) is 11.3 Å². The van der Waals surface area contributed by atoms with Crippen LogP contribution in [0.3, 0.4) is 0 Å². The second-order valence-electron chi connectivity index (χ2n) is 4.86. The van der Waals surface area contributed by atoms with Crippen LogP contribution in [0.4, 0.5) is 14.5 Å². The highest BCUT2D eigenvalue weighted by molar-refractivity contribution is 6.09. The van der Waals surface area contributed by atoms with Crippen molar-refractivity contribution >= 4 is 17.7 Å². The van der Waals surface area contributed by atoms with E-state index in [0.29, 0.717) is 23.1 Å². The zero-order valence-corrected chi connectivity index (χ0v) is 13.5. The lowest BCUT2D eigenvalue weighted by Gasteiger charge is -2.09. The van der Waals surface area contributed by atoms with Crippen molar-refractivity contribution in [3.63, 3.8) is 0 Å². The zero-order valence-electron chi connectivity index (χ0n) is 13.5. The van der Waals surface area contributed by atoms with Crippen LogP contribution < -0.4 is 14.8 Å². The molecule has 128 valence electrons. The first kappa shape index (κ1) is 17.9. The number of amides is 1. The Balaban J connectivity index is 2.31. The maximum absolute atomic E-state index is 13.6. The molecule has 1 N–H and O–H groups in total. The summed E-state index contributed by atoms with van der Waals surface area (Å²) >= 11 is 0. The molecule has 25 heavy (non-hydrogen) atoms. The fourth-order valence-corrected chi connectivity index (χ4v) is 2.02. The maximum Gasteiger partial charge on any atom is 0.266 e. The van der Waals surface area contributed by atoms with Crippen LogP contribution in [0.1, 0.15) is 5.56 Å². The van der Waals surface area contributed by atoms with Gasteiger partial charge in [-0.1, -0.05) is 0 Å². The lowest BCUT2D eigenvalue weighted by Crippen LogP contribution is -2.14. The van der Waals surface area contributed by atoms with Gasteiger partial charge in [0.1, 0.15) is 34.8 Å². The molecule has 0 atom stereocenters. The average molecular weight is 344 g/mol. The molecule has 0 aliphatic heterocycles. The summed E-state index contributed by atoms with van der Waals surface area (Å²) in [7, 11) is 2.93. The van der Waals surface area contributed by atoms with E-state index in [0.717, 1.165) is 12.1 Å². The summed E-state index contributed by atoms with van der Waals surface area (Å²) in [5.41, 5.74) is -0.0315. The lowest BCUT2D eigenvalue weighted by molar-refractivity contribution is -0.112. The van der Waals surface area contributed by atoms with Crippen LogP contribution in [0.25, 0.3) is 6.08 Å². The largest absolute Gasteiger partial charge is 0.497 e. The van der Waals surface area contributed by atoms with E-state index in [9.17, 15) is 18.8 Å². The molecule has 2 aromatic carbocycles. The molecule has 5 nitrogen and oxygen atoms in total. The van der Waals surface area contributed by atoms with Crippen LogP contribution in [-0.2, 0) is 4.79 Å². The van der Waals surface area contributed by atoms with E-state index in [4.69, 9.17) is 9.47 Å². The Hall–Kier alpha value is -3.40. The molecule has 0 saturated carbocycles. The van der Waals surface area contributed by atoms with E-state index in [1.54, 1.807) is 24.3 Å². The van der Waals surface area contributed by atoms with Gasteiger partial charge in [-0.3, -0.25) is 4.79 Å². The highest BCUT2D eigenvalue weighted by Gasteiger charge is 2.14. The van der Waals surface area contributed by atoms with Crippen molar-refractivity contribution < 1.29 is 23.0 Å². The number of benzene rings is 2. The molecule has 1 amide bonds. The predicted molar refractivity (Wildman–Crippen MR) is 88.1 cm³/mol. The van der Waals surface area contributed by atoms with Gasteiger partial charge in [-0.25, -0.2) is 8.78 Å².